The van der Waals surface area contributed by atoms with Crippen molar-refractivity contribution in [1.82, 2.24) is 14.5 Å². The number of nitrogens with zero attached hydrogens (tertiary/aromatic N) is 4. The summed E-state index contributed by atoms with van der Waals surface area (Å²) < 4.78 is 31.4. The number of anilines is 1. The molecule has 4 rings (SSSR count). The van der Waals surface area contributed by atoms with E-state index in [0.717, 1.165) is 23.1 Å². The molecule has 2 aromatic rings. The van der Waals surface area contributed by atoms with Gasteiger partial charge in [-0.25, -0.2) is 13.8 Å². The van der Waals surface area contributed by atoms with Gasteiger partial charge in [0.15, 0.2) is 0 Å². The lowest BCUT2D eigenvalue weighted by Crippen LogP contribution is -2.51. The van der Waals surface area contributed by atoms with Crippen LogP contribution < -0.4 is 10.5 Å². The van der Waals surface area contributed by atoms with Gasteiger partial charge in [0.05, 0.1) is 23.8 Å². The third-order valence-corrected chi connectivity index (χ3v) is 5.67. The average Bonchev–Trinajstić information content (AvgIpc) is 2.75. The van der Waals surface area contributed by atoms with E-state index in [2.05, 4.69) is 9.88 Å². The number of benzene rings is 1. The molecule has 0 radical (unpaired) electrons. The van der Waals surface area contributed by atoms with Crippen molar-refractivity contribution in [2.45, 2.75) is 25.8 Å². The van der Waals surface area contributed by atoms with E-state index in [9.17, 15) is 18.4 Å². The fraction of sp³-hybridized carbons (Fsp3) is 0.550. The van der Waals surface area contributed by atoms with Gasteiger partial charge in [-0.15, -0.1) is 0 Å². The van der Waals surface area contributed by atoms with E-state index in [1.165, 1.54) is 6.33 Å². The molecule has 0 spiro atoms. The molecule has 7 nitrogen and oxygen atoms in total. The first-order valence-electron chi connectivity index (χ1n) is 9.92. The standard InChI is InChI=1S/C20H24F2N4O3/c21-18(22)12-26-13-23-17-11-15(1-2-16(17)20(26)28)24-5-7-25(8-6-24)19(27)14-3-9-29-10-4-14/h1-2,11,13-14,18H,3-10,12H2. The Balaban J connectivity index is 1.44. The molecule has 0 aliphatic carbocycles. The summed E-state index contributed by atoms with van der Waals surface area (Å²) in [5.74, 6) is 0.281. The summed E-state index contributed by atoms with van der Waals surface area (Å²) in [6.45, 7) is 3.34. The lowest BCUT2D eigenvalue weighted by Gasteiger charge is -2.38. The maximum Gasteiger partial charge on any atom is 0.261 e. The van der Waals surface area contributed by atoms with E-state index < -0.39 is 18.5 Å². The molecule has 29 heavy (non-hydrogen) atoms. The van der Waals surface area contributed by atoms with E-state index in [0.29, 0.717) is 50.3 Å². The van der Waals surface area contributed by atoms with Gasteiger partial charge in [-0.05, 0) is 31.0 Å². The van der Waals surface area contributed by atoms with E-state index in [-0.39, 0.29) is 11.8 Å². The minimum absolute atomic E-state index is 0.0654. The molecule has 156 valence electrons. The molecule has 2 aliphatic rings. The summed E-state index contributed by atoms with van der Waals surface area (Å²) in [6, 6.07) is 5.26. The first-order valence-corrected chi connectivity index (χ1v) is 9.92. The van der Waals surface area contributed by atoms with Gasteiger partial charge in [0.2, 0.25) is 5.91 Å². The molecule has 9 heteroatoms. The number of amides is 1. The van der Waals surface area contributed by atoms with Crippen LogP contribution in [0.4, 0.5) is 14.5 Å². The predicted molar refractivity (Wildman–Crippen MR) is 104 cm³/mol. The largest absolute Gasteiger partial charge is 0.381 e. The van der Waals surface area contributed by atoms with Crippen molar-refractivity contribution in [3.05, 3.63) is 34.9 Å². The van der Waals surface area contributed by atoms with Gasteiger partial charge in [0, 0.05) is 51.0 Å². The highest BCUT2D eigenvalue weighted by atomic mass is 19.3. The highest BCUT2D eigenvalue weighted by Gasteiger charge is 2.29. The number of hydrogen-bond acceptors (Lipinski definition) is 5. The average molecular weight is 406 g/mol. The van der Waals surface area contributed by atoms with Crippen LogP contribution in [0.15, 0.2) is 29.3 Å². The summed E-state index contributed by atoms with van der Waals surface area (Å²) in [7, 11) is 0. The highest BCUT2D eigenvalue weighted by molar-refractivity contribution is 5.82. The van der Waals surface area contributed by atoms with E-state index >= 15 is 0 Å². The van der Waals surface area contributed by atoms with Crippen molar-refractivity contribution < 1.29 is 18.3 Å². The third-order valence-electron chi connectivity index (χ3n) is 5.67. The van der Waals surface area contributed by atoms with Crippen molar-refractivity contribution in [3.63, 3.8) is 0 Å². The molecule has 0 bridgehead atoms. The van der Waals surface area contributed by atoms with E-state index in [1.54, 1.807) is 12.1 Å². The van der Waals surface area contributed by atoms with Crippen molar-refractivity contribution in [2.24, 2.45) is 5.92 Å². The lowest BCUT2D eigenvalue weighted by atomic mass is 9.98. The minimum Gasteiger partial charge on any atom is -0.381 e. The first-order chi connectivity index (χ1) is 14.0. The number of alkyl halides is 2. The maximum absolute atomic E-state index is 12.7. The molecule has 0 unspecified atom stereocenters. The molecule has 0 saturated carbocycles. The summed E-state index contributed by atoms with van der Waals surface area (Å²) >= 11 is 0. The van der Waals surface area contributed by atoms with Gasteiger partial charge < -0.3 is 14.5 Å². The Bertz CT molecular complexity index is 935. The zero-order chi connectivity index (χ0) is 20.4. The Morgan fingerprint density at radius 3 is 2.59 bits per heavy atom. The number of fused-ring (bicyclic) bond motifs is 1. The topological polar surface area (TPSA) is 67.7 Å². The summed E-state index contributed by atoms with van der Waals surface area (Å²) in [5, 5.41) is 0.324. The number of hydrogen-bond donors (Lipinski definition) is 0. The summed E-state index contributed by atoms with van der Waals surface area (Å²) in [6.07, 6.45) is 0.147. The zero-order valence-electron chi connectivity index (χ0n) is 16.1. The SMILES string of the molecule is O=C(C1CCOCC1)N1CCN(c2ccc3c(=O)n(CC(F)F)cnc3c2)CC1. The van der Waals surface area contributed by atoms with Crippen LogP contribution in [0.1, 0.15) is 12.8 Å². The van der Waals surface area contributed by atoms with Gasteiger partial charge in [0.1, 0.15) is 0 Å². The molecule has 0 N–H and O–H groups in total. The molecule has 2 saturated heterocycles. The van der Waals surface area contributed by atoms with E-state index in [1.807, 2.05) is 11.0 Å². The maximum atomic E-state index is 12.7. The van der Waals surface area contributed by atoms with Gasteiger partial charge in [-0.2, -0.15) is 0 Å². The molecule has 1 amide bonds. The number of piperazine rings is 1. The van der Waals surface area contributed by atoms with Gasteiger partial charge >= 0.3 is 0 Å². The smallest absolute Gasteiger partial charge is 0.261 e. The molecular formula is C20H24F2N4O3. The van der Waals surface area contributed by atoms with Gasteiger partial charge in [-0.1, -0.05) is 0 Å². The Morgan fingerprint density at radius 2 is 1.90 bits per heavy atom. The monoisotopic (exact) mass is 406 g/mol. The van der Waals surface area contributed by atoms with Crippen LogP contribution in [0, 0.1) is 5.92 Å². The Hall–Kier alpha value is -2.55. The van der Waals surface area contributed by atoms with E-state index in [4.69, 9.17) is 4.74 Å². The van der Waals surface area contributed by atoms with Crippen LogP contribution in [0.2, 0.25) is 0 Å². The van der Waals surface area contributed by atoms with Crippen LogP contribution in [0.5, 0.6) is 0 Å². The van der Waals surface area contributed by atoms with Gasteiger partial charge in [0.25, 0.3) is 12.0 Å². The molecule has 2 fully saturated rings. The first kappa shape index (κ1) is 19.8. The van der Waals surface area contributed by atoms with Gasteiger partial charge in [-0.3, -0.25) is 14.2 Å². The Labute approximate surface area is 166 Å². The van der Waals surface area contributed by atoms with Crippen molar-refractivity contribution >= 4 is 22.5 Å². The number of carbonyl (C=O) groups excluding carboxylic acids is 1. The zero-order valence-corrected chi connectivity index (χ0v) is 16.1. The normalized spacial score (nSPS) is 18.6. The number of aromatic nitrogens is 2. The van der Waals surface area contributed by atoms with Crippen LogP contribution >= 0.6 is 0 Å². The van der Waals surface area contributed by atoms with Crippen LogP contribution in [-0.2, 0) is 16.1 Å². The predicted octanol–water partition coefficient (Wildman–Crippen LogP) is 1.74. The second-order valence-electron chi connectivity index (χ2n) is 7.49. The molecule has 2 aliphatic heterocycles. The third kappa shape index (κ3) is 4.24. The van der Waals surface area contributed by atoms with Crippen LogP contribution in [0.25, 0.3) is 10.9 Å². The fourth-order valence-electron chi connectivity index (χ4n) is 4.01. The van der Waals surface area contributed by atoms with Crippen LogP contribution in [-0.4, -0.2) is 66.2 Å². The lowest BCUT2D eigenvalue weighted by molar-refractivity contribution is -0.138. The fourth-order valence-corrected chi connectivity index (χ4v) is 4.01. The highest BCUT2D eigenvalue weighted by Crippen LogP contribution is 2.23. The molecule has 3 heterocycles. The number of ether oxygens (including phenoxy) is 1. The van der Waals surface area contributed by atoms with Crippen molar-refractivity contribution in [2.75, 3.05) is 44.3 Å². The summed E-state index contributed by atoms with van der Waals surface area (Å²) in [4.78, 5) is 33.3. The molecule has 0 atom stereocenters. The molecular weight excluding hydrogens is 382 g/mol. The van der Waals surface area contributed by atoms with Crippen molar-refractivity contribution in [1.29, 1.82) is 0 Å². The quantitative estimate of drug-likeness (QED) is 0.774. The Kier molecular flexibility index (Phi) is 5.75. The van der Waals surface area contributed by atoms with Crippen molar-refractivity contribution in [3.8, 4) is 0 Å². The second kappa shape index (κ2) is 8.44. The molecule has 1 aromatic carbocycles. The van der Waals surface area contributed by atoms with Crippen LogP contribution in [0.3, 0.4) is 0 Å². The second-order valence-corrected chi connectivity index (χ2v) is 7.49. The number of carbonyl (C=O) groups is 1. The number of rotatable bonds is 4. The number of halogens is 2. The Morgan fingerprint density at radius 1 is 1.17 bits per heavy atom. The summed E-state index contributed by atoms with van der Waals surface area (Å²) in [5.41, 5.74) is 0.932. The molecule has 1 aromatic heterocycles. The minimum atomic E-state index is -2.61.